The van der Waals surface area contributed by atoms with E-state index in [9.17, 15) is 14.7 Å². The molecule has 7 N–H and O–H groups in total. The first-order chi connectivity index (χ1) is 16.7. The van der Waals surface area contributed by atoms with E-state index in [1.54, 1.807) is 49.6 Å². The first-order valence-electron chi connectivity index (χ1n) is 10.8. The van der Waals surface area contributed by atoms with E-state index in [4.69, 9.17) is 26.7 Å². The average molecular weight is 490 g/mol. The molecule has 0 fully saturated rings. The van der Waals surface area contributed by atoms with E-state index in [1.165, 1.54) is 0 Å². The van der Waals surface area contributed by atoms with Gasteiger partial charge in [0.15, 0.2) is 17.3 Å². The lowest BCUT2D eigenvalue weighted by Gasteiger charge is -2.37. The van der Waals surface area contributed by atoms with E-state index in [2.05, 4.69) is 0 Å². The molecule has 4 aromatic rings. The minimum Gasteiger partial charge on any atom is -0.493 e. The van der Waals surface area contributed by atoms with Gasteiger partial charge in [-0.05, 0) is 53.9 Å². The van der Waals surface area contributed by atoms with Gasteiger partial charge in [-0.3, -0.25) is 4.79 Å². The maximum Gasteiger partial charge on any atom is 0.346 e. The number of carboxylic acid groups (broad SMARTS) is 1. The first kappa shape index (κ1) is 22.9. The number of anilines is 1. The van der Waals surface area contributed by atoms with Crippen molar-refractivity contribution in [3.8, 4) is 17.2 Å². The van der Waals surface area contributed by atoms with Crippen molar-refractivity contribution in [3.05, 3.63) is 81.7 Å². The number of methoxy groups -OCH3 is 1. The summed E-state index contributed by atoms with van der Waals surface area (Å²) in [7, 11) is 1.56. The number of thiophene rings is 1. The van der Waals surface area contributed by atoms with E-state index >= 15 is 0 Å². The molecular weight excluding hydrogens is 466 g/mol. The van der Waals surface area contributed by atoms with E-state index in [0.29, 0.717) is 49.7 Å². The Morgan fingerprint density at radius 1 is 1.09 bits per heavy atom. The van der Waals surface area contributed by atoms with Crippen LogP contribution >= 0.6 is 11.3 Å². The van der Waals surface area contributed by atoms with E-state index in [0.717, 1.165) is 11.3 Å². The van der Waals surface area contributed by atoms with Gasteiger partial charge in [0.05, 0.1) is 17.9 Å². The number of nitrogen functional groups attached to an aromatic ring is 1. The summed E-state index contributed by atoms with van der Waals surface area (Å²) in [5.74, 6) is 0.0248. The van der Waals surface area contributed by atoms with E-state index in [-0.39, 0.29) is 10.4 Å². The number of benzene rings is 3. The summed E-state index contributed by atoms with van der Waals surface area (Å²) >= 11 is 1.01. The Bertz CT molecular complexity index is 1530. The third kappa shape index (κ3) is 3.28. The lowest BCUT2D eigenvalue weighted by atomic mass is 9.69. The van der Waals surface area contributed by atoms with Gasteiger partial charge in [0.2, 0.25) is 0 Å². The highest BCUT2D eigenvalue weighted by molar-refractivity contribution is 7.21. The van der Waals surface area contributed by atoms with Crippen LogP contribution in [0.15, 0.2) is 54.6 Å². The largest absolute Gasteiger partial charge is 0.493 e. The van der Waals surface area contributed by atoms with Crippen molar-refractivity contribution in [3.63, 3.8) is 0 Å². The van der Waals surface area contributed by atoms with Crippen LogP contribution in [0.25, 0.3) is 10.1 Å². The molecule has 1 heterocycles. The lowest BCUT2D eigenvalue weighted by molar-refractivity contribution is -0.124. The first-order valence-corrected chi connectivity index (χ1v) is 11.6. The number of nitrogens with two attached hydrogens (primary N) is 3. The van der Waals surface area contributed by atoms with Crippen LogP contribution in [0.5, 0.6) is 17.2 Å². The highest BCUT2D eigenvalue weighted by atomic mass is 32.1. The second-order valence-electron chi connectivity index (χ2n) is 8.44. The van der Waals surface area contributed by atoms with Gasteiger partial charge in [0, 0.05) is 16.6 Å². The summed E-state index contributed by atoms with van der Waals surface area (Å²) < 4.78 is 11.9. The highest BCUT2D eigenvalue weighted by Gasteiger charge is 2.49. The number of hydrogen-bond acceptors (Lipinski definition) is 8. The van der Waals surface area contributed by atoms with Crippen LogP contribution in [-0.2, 0) is 10.3 Å². The summed E-state index contributed by atoms with van der Waals surface area (Å²) in [6.45, 7) is 1.83. The molecule has 1 aromatic heterocycles. The van der Waals surface area contributed by atoms with E-state index in [1.807, 2.05) is 19.1 Å². The van der Waals surface area contributed by atoms with Gasteiger partial charge in [-0.1, -0.05) is 24.3 Å². The van der Waals surface area contributed by atoms with Gasteiger partial charge >= 0.3 is 5.97 Å². The molecule has 0 amide bonds. The minimum absolute atomic E-state index is 0.000622. The Labute approximate surface area is 204 Å². The molecular formula is C26H23N3O5S. The number of aryl methyl sites for hydroxylation is 1. The second kappa shape index (κ2) is 8.09. The topological polar surface area (TPSA) is 151 Å². The molecule has 0 saturated carbocycles. The standard InChI is InChI=1S/C26H23N3O5S/c1-12-11-13(34-18-6-4-3-5-17(18)33-2)7-8-14(12)26(29)15-9-10-16(27)22-19(15)20(21(28)24(26)30)23(35-22)25(31)32/h3-11,21H,27-29H2,1-2H3,(H,31,32). The number of rotatable bonds is 5. The van der Waals surface area contributed by atoms with Crippen molar-refractivity contribution in [2.75, 3.05) is 12.8 Å². The third-order valence-corrected chi connectivity index (χ3v) is 7.67. The molecule has 1 aliphatic carbocycles. The molecule has 0 bridgehead atoms. The minimum atomic E-state index is -1.59. The number of hydrogen-bond donors (Lipinski definition) is 4. The number of para-hydroxylation sites is 2. The van der Waals surface area contributed by atoms with Crippen molar-refractivity contribution in [1.29, 1.82) is 0 Å². The molecule has 2 unspecified atom stereocenters. The molecule has 5 rings (SSSR count). The monoisotopic (exact) mass is 489 g/mol. The summed E-state index contributed by atoms with van der Waals surface area (Å²) in [4.78, 5) is 25.6. The number of carbonyl (C=O) groups is 2. The molecule has 3 aromatic carbocycles. The molecule has 0 radical (unpaired) electrons. The third-order valence-electron chi connectivity index (χ3n) is 6.43. The summed E-state index contributed by atoms with van der Waals surface area (Å²) in [5.41, 5.74) is 20.2. The predicted molar refractivity (Wildman–Crippen MR) is 134 cm³/mol. The van der Waals surface area contributed by atoms with Gasteiger partial charge in [0.1, 0.15) is 16.2 Å². The zero-order valence-electron chi connectivity index (χ0n) is 19.0. The molecule has 9 heteroatoms. The van der Waals surface area contributed by atoms with Crippen molar-refractivity contribution >= 4 is 38.9 Å². The van der Waals surface area contributed by atoms with Crippen molar-refractivity contribution in [2.24, 2.45) is 11.5 Å². The quantitative estimate of drug-likeness (QED) is 0.306. The van der Waals surface area contributed by atoms with Crippen LogP contribution in [-0.4, -0.2) is 24.0 Å². The summed E-state index contributed by atoms with van der Waals surface area (Å²) in [6, 6.07) is 14.6. The number of carbonyl (C=O) groups excluding carboxylic acids is 1. The van der Waals surface area contributed by atoms with Crippen LogP contribution in [0.4, 0.5) is 5.69 Å². The molecule has 35 heavy (non-hydrogen) atoms. The van der Waals surface area contributed by atoms with Crippen molar-refractivity contribution < 1.29 is 24.2 Å². The number of carboxylic acids is 1. The maximum absolute atomic E-state index is 13.7. The van der Waals surface area contributed by atoms with Crippen LogP contribution in [0.1, 0.15) is 38.0 Å². The maximum atomic E-state index is 13.7. The summed E-state index contributed by atoms with van der Waals surface area (Å²) in [5, 5.41) is 10.3. The zero-order valence-corrected chi connectivity index (χ0v) is 19.8. The molecule has 0 aliphatic heterocycles. The lowest BCUT2D eigenvalue weighted by Crippen LogP contribution is -2.52. The van der Waals surface area contributed by atoms with Crippen LogP contribution < -0.4 is 26.7 Å². The average Bonchev–Trinajstić information content (AvgIpc) is 3.25. The normalized spacial score (nSPS) is 19.1. The fourth-order valence-corrected chi connectivity index (χ4v) is 5.93. The Morgan fingerprint density at radius 3 is 2.43 bits per heavy atom. The predicted octanol–water partition coefficient (Wildman–Crippen LogP) is 4.08. The Hall–Kier alpha value is -3.92. The smallest absolute Gasteiger partial charge is 0.346 e. The van der Waals surface area contributed by atoms with Crippen LogP contribution in [0, 0.1) is 6.92 Å². The Kier molecular flexibility index (Phi) is 5.28. The van der Waals surface area contributed by atoms with Gasteiger partial charge in [0.25, 0.3) is 0 Å². The number of ketones is 1. The number of aromatic carboxylic acids is 1. The van der Waals surface area contributed by atoms with Crippen molar-refractivity contribution in [2.45, 2.75) is 18.5 Å². The highest BCUT2D eigenvalue weighted by Crippen LogP contribution is 2.50. The summed E-state index contributed by atoms with van der Waals surface area (Å²) in [6.07, 6.45) is 0. The van der Waals surface area contributed by atoms with Gasteiger partial charge < -0.3 is 31.8 Å². The van der Waals surface area contributed by atoms with E-state index < -0.39 is 23.3 Å². The molecule has 178 valence electrons. The molecule has 0 spiro atoms. The van der Waals surface area contributed by atoms with Crippen LogP contribution in [0.3, 0.4) is 0 Å². The second-order valence-corrected chi connectivity index (χ2v) is 9.46. The fraction of sp³-hybridized carbons (Fsp3) is 0.154. The number of ether oxygens (including phenoxy) is 2. The molecule has 8 nitrogen and oxygen atoms in total. The SMILES string of the molecule is COc1ccccc1Oc1ccc(C2(N)C(=O)C(N)c3c(C(=O)O)sc4c(N)ccc2c34)c(C)c1. The van der Waals surface area contributed by atoms with Gasteiger partial charge in [-0.25, -0.2) is 4.79 Å². The van der Waals surface area contributed by atoms with Crippen LogP contribution in [0.2, 0.25) is 0 Å². The zero-order chi connectivity index (χ0) is 25.1. The fourth-order valence-electron chi connectivity index (χ4n) is 4.79. The van der Waals surface area contributed by atoms with Gasteiger partial charge in [-0.2, -0.15) is 0 Å². The van der Waals surface area contributed by atoms with Gasteiger partial charge in [-0.15, -0.1) is 11.3 Å². The molecule has 2 atom stereocenters. The Morgan fingerprint density at radius 2 is 1.77 bits per heavy atom. The molecule has 1 aliphatic rings. The Balaban J connectivity index is 1.67. The molecule has 0 saturated heterocycles. The number of Topliss-reactive ketones (excluding diaryl/α,β-unsaturated/α-hetero) is 1. The van der Waals surface area contributed by atoms with Crippen molar-refractivity contribution in [1.82, 2.24) is 0 Å².